The highest BCUT2D eigenvalue weighted by atomic mass is 35.5. The number of rotatable bonds is 5. The lowest BCUT2D eigenvalue weighted by Gasteiger charge is -2.18. The number of carbonyl (C=O) groups excluding carboxylic acids is 1. The summed E-state index contributed by atoms with van der Waals surface area (Å²) in [4.78, 5) is 14.4. The fraction of sp³-hybridized carbons (Fsp3) is 0.235. The maximum atomic E-state index is 12.5. The topological polar surface area (TPSA) is 50.8 Å². The molecule has 0 bridgehead atoms. The zero-order valence-corrected chi connectivity index (χ0v) is 14.3. The van der Waals surface area contributed by atoms with Gasteiger partial charge in [-0.3, -0.25) is 4.79 Å². The second-order valence-electron chi connectivity index (χ2n) is 5.08. The van der Waals surface area contributed by atoms with Crippen LogP contribution >= 0.6 is 11.6 Å². The number of carbonyl (C=O) groups is 1. The van der Waals surface area contributed by atoms with E-state index in [1.54, 1.807) is 37.4 Å². The highest BCUT2D eigenvalue weighted by Gasteiger charge is 2.13. The summed E-state index contributed by atoms with van der Waals surface area (Å²) in [5.74, 6) is 0.816. The Labute approximate surface area is 140 Å². The Morgan fingerprint density at radius 3 is 2.35 bits per heavy atom. The number of hydrogen-bond donors (Lipinski definition) is 1. The van der Waals surface area contributed by atoms with E-state index in [0.29, 0.717) is 27.8 Å². The first kappa shape index (κ1) is 17.0. The number of anilines is 2. The number of amides is 1. The number of ether oxygens (including phenoxy) is 2. The van der Waals surface area contributed by atoms with Crippen LogP contribution in [0.5, 0.6) is 11.5 Å². The number of nitrogens with one attached hydrogen (secondary N) is 1. The first-order valence-electron chi connectivity index (χ1n) is 6.96. The molecular weight excluding hydrogens is 316 g/mol. The summed E-state index contributed by atoms with van der Waals surface area (Å²) in [6.45, 7) is 0. The Bertz CT molecular complexity index is 717. The Balaban J connectivity index is 2.31. The van der Waals surface area contributed by atoms with Gasteiger partial charge in [-0.2, -0.15) is 0 Å². The highest BCUT2D eigenvalue weighted by molar-refractivity contribution is 6.31. The molecule has 0 aliphatic rings. The van der Waals surface area contributed by atoms with E-state index in [0.717, 1.165) is 5.69 Å². The summed E-state index contributed by atoms with van der Waals surface area (Å²) >= 11 is 6.03. The summed E-state index contributed by atoms with van der Waals surface area (Å²) in [6.07, 6.45) is 0. The van der Waals surface area contributed by atoms with Crippen LogP contribution in [-0.2, 0) is 0 Å². The van der Waals surface area contributed by atoms with Gasteiger partial charge in [-0.1, -0.05) is 11.6 Å². The summed E-state index contributed by atoms with van der Waals surface area (Å²) < 4.78 is 10.4. The predicted octanol–water partition coefficient (Wildman–Crippen LogP) is 3.68. The molecule has 122 valence electrons. The van der Waals surface area contributed by atoms with Crippen molar-refractivity contribution >= 4 is 28.9 Å². The molecule has 1 amide bonds. The van der Waals surface area contributed by atoms with Crippen molar-refractivity contribution in [3.8, 4) is 11.5 Å². The molecule has 2 aromatic carbocycles. The molecule has 2 rings (SSSR count). The Morgan fingerprint density at radius 1 is 1.04 bits per heavy atom. The van der Waals surface area contributed by atoms with Crippen molar-refractivity contribution in [2.75, 3.05) is 38.5 Å². The quantitative estimate of drug-likeness (QED) is 0.906. The van der Waals surface area contributed by atoms with Gasteiger partial charge < -0.3 is 19.7 Å². The molecule has 0 aromatic heterocycles. The zero-order chi connectivity index (χ0) is 17.0. The first-order valence-corrected chi connectivity index (χ1v) is 7.34. The molecule has 0 spiro atoms. The van der Waals surface area contributed by atoms with Crippen molar-refractivity contribution in [3.63, 3.8) is 0 Å². The van der Waals surface area contributed by atoms with E-state index < -0.39 is 0 Å². The van der Waals surface area contributed by atoms with Gasteiger partial charge >= 0.3 is 0 Å². The van der Waals surface area contributed by atoms with Crippen molar-refractivity contribution in [3.05, 3.63) is 47.0 Å². The Hall–Kier alpha value is -2.40. The number of hydrogen-bond acceptors (Lipinski definition) is 4. The molecule has 0 saturated carbocycles. The Kier molecular flexibility index (Phi) is 5.34. The van der Waals surface area contributed by atoms with Crippen molar-refractivity contribution in [2.45, 2.75) is 0 Å². The van der Waals surface area contributed by atoms with Crippen LogP contribution in [0.4, 0.5) is 11.4 Å². The van der Waals surface area contributed by atoms with Crippen LogP contribution in [0, 0.1) is 0 Å². The maximum absolute atomic E-state index is 12.5. The molecule has 5 nitrogen and oxygen atoms in total. The zero-order valence-electron chi connectivity index (χ0n) is 13.5. The molecule has 0 saturated heterocycles. The molecule has 2 aromatic rings. The van der Waals surface area contributed by atoms with Crippen molar-refractivity contribution in [1.29, 1.82) is 0 Å². The fourth-order valence-corrected chi connectivity index (χ4v) is 2.34. The summed E-state index contributed by atoms with van der Waals surface area (Å²) in [5, 5.41) is 3.43. The van der Waals surface area contributed by atoms with Gasteiger partial charge in [0, 0.05) is 24.7 Å². The van der Waals surface area contributed by atoms with E-state index in [9.17, 15) is 4.79 Å². The van der Waals surface area contributed by atoms with Crippen molar-refractivity contribution < 1.29 is 14.3 Å². The average molecular weight is 335 g/mol. The van der Waals surface area contributed by atoms with Crippen LogP contribution in [-0.4, -0.2) is 34.2 Å². The minimum Gasteiger partial charge on any atom is -0.493 e. The van der Waals surface area contributed by atoms with E-state index in [2.05, 4.69) is 5.32 Å². The maximum Gasteiger partial charge on any atom is 0.255 e. The number of nitrogens with zero attached hydrogens (tertiary/aromatic N) is 1. The normalized spacial score (nSPS) is 10.1. The van der Waals surface area contributed by atoms with Gasteiger partial charge in [0.2, 0.25) is 0 Å². The lowest BCUT2D eigenvalue weighted by atomic mass is 10.1. The molecule has 0 fully saturated rings. The molecule has 1 N–H and O–H groups in total. The molecule has 0 atom stereocenters. The van der Waals surface area contributed by atoms with E-state index in [1.165, 1.54) is 7.11 Å². The van der Waals surface area contributed by atoms with E-state index in [4.69, 9.17) is 21.1 Å². The molecular formula is C17H19ClN2O3. The molecule has 0 radical (unpaired) electrons. The van der Waals surface area contributed by atoms with Crippen LogP contribution < -0.4 is 19.7 Å². The molecule has 0 aliphatic heterocycles. The standard InChI is InChI=1S/C17H19ClN2O3/c1-20(2)14-7-6-12(18)10-13(14)19-17(21)11-5-8-15(22-3)16(9-11)23-4/h5-10H,1-4H3,(H,19,21). The summed E-state index contributed by atoms with van der Waals surface area (Å²) in [6, 6.07) is 10.4. The van der Waals surface area contributed by atoms with Gasteiger partial charge in [0.25, 0.3) is 5.91 Å². The van der Waals surface area contributed by atoms with Gasteiger partial charge in [0.05, 0.1) is 25.6 Å². The number of methoxy groups -OCH3 is 2. The second-order valence-corrected chi connectivity index (χ2v) is 5.52. The van der Waals surface area contributed by atoms with Crippen molar-refractivity contribution in [2.24, 2.45) is 0 Å². The van der Waals surface area contributed by atoms with Gasteiger partial charge in [-0.05, 0) is 36.4 Å². The highest BCUT2D eigenvalue weighted by Crippen LogP contribution is 2.30. The monoisotopic (exact) mass is 334 g/mol. The second kappa shape index (κ2) is 7.24. The lowest BCUT2D eigenvalue weighted by molar-refractivity contribution is 0.102. The third-order valence-corrected chi connectivity index (χ3v) is 3.57. The van der Waals surface area contributed by atoms with E-state index in [-0.39, 0.29) is 5.91 Å². The van der Waals surface area contributed by atoms with Gasteiger partial charge in [-0.15, -0.1) is 0 Å². The number of halogens is 1. The van der Waals surface area contributed by atoms with Crippen molar-refractivity contribution in [1.82, 2.24) is 0 Å². The minimum atomic E-state index is -0.253. The number of benzene rings is 2. The largest absolute Gasteiger partial charge is 0.493 e. The van der Waals surface area contributed by atoms with Crippen LogP contribution in [0.3, 0.4) is 0 Å². The van der Waals surface area contributed by atoms with Gasteiger partial charge in [-0.25, -0.2) is 0 Å². The third-order valence-electron chi connectivity index (χ3n) is 3.33. The average Bonchev–Trinajstić information content (AvgIpc) is 2.53. The Morgan fingerprint density at radius 2 is 1.74 bits per heavy atom. The van der Waals surface area contributed by atoms with Crippen LogP contribution in [0.15, 0.2) is 36.4 Å². The smallest absolute Gasteiger partial charge is 0.255 e. The SMILES string of the molecule is COc1ccc(C(=O)Nc2cc(Cl)ccc2N(C)C)cc1OC. The lowest BCUT2D eigenvalue weighted by Crippen LogP contribution is -2.16. The van der Waals surface area contributed by atoms with Gasteiger partial charge in [0.1, 0.15) is 0 Å². The molecule has 0 aliphatic carbocycles. The minimum absolute atomic E-state index is 0.253. The summed E-state index contributed by atoms with van der Waals surface area (Å²) in [5.41, 5.74) is 1.97. The first-order chi connectivity index (χ1) is 11.0. The molecule has 23 heavy (non-hydrogen) atoms. The third kappa shape index (κ3) is 3.87. The fourth-order valence-electron chi connectivity index (χ4n) is 2.17. The molecule has 0 heterocycles. The van der Waals surface area contributed by atoms with E-state index >= 15 is 0 Å². The van der Waals surface area contributed by atoms with Crippen LogP contribution in [0.1, 0.15) is 10.4 Å². The predicted molar refractivity (Wildman–Crippen MR) is 93.3 cm³/mol. The molecule has 6 heteroatoms. The van der Waals surface area contributed by atoms with Crippen LogP contribution in [0.2, 0.25) is 5.02 Å². The molecule has 0 unspecified atom stereocenters. The van der Waals surface area contributed by atoms with Crippen LogP contribution in [0.25, 0.3) is 0 Å². The summed E-state index contributed by atoms with van der Waals surface area (Å²) in [7, 11) is 6.87. The van der Waals surface area contributed by atoms with Gasteiger partial charge in [0.15, 0.2) is 11.5 Å². The van der Waals surface area contributed by atoms with E-state index in [1.807, 2.05) is 25.1 Å².